The van der Waals surface area contributed by atoms with Gasteiger partial charge in [0.1, 0.15) is 11.4 Å². The normalized spacial score (nSPS) is 16.7. The Morgan fingerprint density at radius 2 is 1.86 bits per heavy atom. The average Bonchev–Trinajstić information content (AvgIpc) is 2.55. The third-order valence-electron chi connectivity index (χ3n) is 4.43. The molecule has 1 amide bonds. The number of carbonyl (C=O) groups excluding carboxylic acids is 1. The van der Waals surface area contributed by atoms with Crippen molar-refractivity contribution in [2.24, 2.45) is 0 Å². The molecule has 2 rings (SSSR count). The standard InChI is InChI=1S/C19H26BrF3N2O3/c1-18(2,3)28-17(26)24(4)15-7-9-25(10-8-15)12-13-11-14(20)5-6-16(13)27-19(21,22)23/h5-6,11,15H,7-10,12H2,1-4H3. The fourth-order valence-corrected chi connectivity index (χ4v) is 3.49. The van der Waals surface area contributed by atoms with Crippen LogP contribution in [0.1, 0.15) is 39.2 Å². The number of rotatable bonds is 4. The minimum atomic E-state index is -4.73. The maximum atomic E-state index is 12.6. The van der Waals surface area contributed by atoms with Crippen LogP contribution in [0.25, 0.3) is 0 Å². The number of hydrogen-bond acceptors (Lipinski definition) is 4. The first kappa shape index (κ1) is 22.8. The zero-order valence-electron chi connectivity index (χ0n) is 16.5. The van der Waals surface area contributed by atoms with Crippen LogP contribution >= 0.6 is 15.9 Å². The molecule has 0 aromatic heterocycles. The van der Waals surface area contributed by atoms with Crippen LogP contribution in [0.2, 0.25) is 0 Å². The second-order valence-corrected chi connectivity index (χ2v) is 8.81. The second kappa shape index (κ2) is 8.90. The SMILES string of the molecule is CN(C(=O)OC(C)(C)C)C1CCN(Cc2cc(Br)ccc2OC(F)(F)F)CC1. The van der Waals surface area contributed by atoms with E-state index in [9.17, 15) is 18.0 Å². The maximum absolute atomic E-state index is 12.6. The summed E-state index contributed by atoms with van der Waals surface area (Å²) in [7, 11) is 1.72. The average molecular weight is 467 g/mol. The molecule has 1 saturated heterocycles. The van der Waals surface area contributed by atoms with Crippen LogP contribution < -0.4 is 4.74 Å². The molecule has 0 atom stereocenters. The van der Waals surface area contributed by atoms with Crippen molar-refractivity contribution >= 4 is 22.0 Å². The number of hydrogen-bond donors (Lipinski definition) is 0. The second-order valence-electron chi connectivity index (χ2n) is 7.90. The highest BCUT2D eigenvalue weighted by Gasteiger charge is 2.33. The Balaban J connectivity index is 1.96. The van der Waals surface area contributed by atoms with Gasteiger partial charge in [0, 0.05) is 42.8 Å². The number of benzene rings is 1. The van der Waals surface area contributed by atoms with Crippen molar-refractivity contribution in [3.63, 3.8) is 0 Å². The molecule has 5 nitrogen and oxygen atoms in total. The molecule has 0 saturated carbocycles. The van der Waals surface area contributed by atoms with Gasteiger partial charge in [0.15, 0.2) is 0 Å². The van der Waals surface area contributed by atoms with Gasteiger partial charge < -0.3 is 14.4 Å². The van der Waals surface area contributed by atoms with Gasteiger partial charge in [-0.2, -0.15) is 0 Å². The summed E-state index contributed by atoms with van der Waals surface area (Å²) in [6.07, 6.45) is -3.65. The number of halogens is 4. The molecular formula is C19H26BrF3N2O3. The predicted molar refractivity (Wildman–Crippen MR) is 103 cm³/mol. The van der Waals surface area contributed by atoms with E-state index in [-0.39, 0.29) is 17.9 Å². The summed E-state index contributed by atoms with van der Waals surface area (Å²) in [6.45, 7) is 7.12. The smallest absolute Gasteiger partial charge is 0.444 e. The number of carbonyl (C=O) groups is 1. The van der Waals surface area contributed by atoms with Crippen LogP contribution in [0, 0.1) is 0 Å². The summed E-state index contributed by atoms with van der Waals surface area (Å²) in [5.41, 5.74) is -0.0904. The van der Waals surface area contributed by atoms with Gasteiger partial charge in [-0.1, -0.05) is 15.9 Å². The van der Waals surface area contributed by atoms with Crippen LogP contribution in [-0.2, 0) is 11.3 Å². The Labute approximate surface area is 171 Å². The predicted octanol–water partition coefficient (Wildman–Crippen LogP) is 5.18. The van der Waals surface area contributed by atoms with Crippen molar-refractivity contribution in [3.8, 4) is 5.75 Å². The molecule has 0 N–H and O–H groups in total. The highest BCUT2D eigenvalue weighted by molar-refractivity contribution is 9.10. The number of nitrogens with zero attached hydrogens (tertiary/aromatic N) is 2. The number of likely N-dealkylation sites (tertiary alicyclic amines) is 1. The summed E-state index contributed by atoms with van der Waals surface area (Å²) in [5, 5.41) is 0. The van der Waals surface area contributed by atoms with Crippen molar-refractivity contribution in [2.45, 2.75) is 58.2 Å². The Hall–Kier alpha value is -1.48. The first-order valence-corrected chi connectivity index (χ1v) is 9.86. The van der Waals surface area contributed by atoms with Crippen LogP contribution in [0.5, 0.6) is 5.75 Å². The summed E-state index contributed by atoms with van der Waals surface area (Å²) < 4.78 is 48.1. The molecule has 1 fully saturated rings. The zero-order valence-corrected chi connectivity index (χ0v) is 18.1. The molecule has 0 unspecified atom stereocenters. The largest absolute Gasteiger partial charge is 0.573 e. The van der Waals surface area contributed by atoms with E-state index in [1.54, 1.807) is 18.0 Å². The van der Waals surface area contributed by atoms with E-state index in [0.717, 1.165) is 12.8 Å². The Kier molecular flexibility index (Phi) is 7.25. The zero-order chi connectivity index (χ0) is 21.1. The molecule has 1 heterocycles. The van der Waals surface area contributed by atoms with E-state index in [0.29, 0.717) is 29.7 Å². The Morgan fingerprint density at radius 3 is 2.39 bits per heavy atom. The van der Waals surface area contributed by atoms with Crippen molar-refractivity contribution in [2.75, 3.05) is 20.1 Å². The van der Waals surface area contributed by atoms with Gasteiger partial charge in [0.05, 0.1) is 0 Å². The summed E-state index contributed by atoms with van der Waals surface area (Å²) in [4.78, 5) is 15.9. The molecule has 1 aliphatic heterocycles. The summed E-state index contributed by atoms with van der Waals surface area (Å²) in [6, 6.07) is 4.52. The molecule has 0 bridgehead atoms. The molecule has 28 heavy (non-hydrogen) atoms. The number of amides is 1. The lowest BCUT2D eigenvalue weighted by Gasteiger charge is -2.37. The van der Waals surface area contributed by atoms with Crippen LogP contribution in [0.15, 0.2) is 22.7 Å². The van der Waals surface area contributed by atoms with E-state index in [2.05, 4.69) is 25.6 Å². The third-order valence-corrected chi connectivity index (χ3v) is 4.92. The first-order chi connectivity index (χ1) is 12.8. The minimum absolute atomic E-state index is 0.0412. The van der Waals surface area contributed by atoms with Crippen molar-refractivity contribution < 1.29 is 27.4 Å². The third kappa shape index (κ3) is 7.16. The molecule has 9 heteroatoms. The minimum Gasteiger partial charge on any atom is -0.444 e. The topological polar surface area (TPSA) is 42.0 Å². The van der Waals surface area contributed by atoms with Crippen molar-refractivity contribution in [1.29, 1.82) is 0 Å². The number of piperidine rings is 1. The number of alkyl halides is 3. The summed E-state index contributed by atoms with van der Waals surface area (Å²) in [5.74, 6) is -0.191. The molecule has 0 radical (unpaired) electrons. The molecule has 0 aliphatic carbocycles. The molecule has 0 spiro atoms. The lowest BCUT2D eigenvalue weighted by molar-refractivity contribution is -0.275. The fourth-order valence-electron chi connectivity index (χ4n) is 3.08. The molecule has 1 aliphatic rings. The molecule has 1 aromatic carbocycles. The van der Waals surface area contributed by atoms with E-state index in [1.807, 2.05) is 20.8 Å². The van der Waals surface area contributed by atoms with Crippen LogP contribution in [0.4, 0.5) is 18.0 Å². The van der Waals surface area contributed by atoms with E-state index in [4.69, 9.17) is 4.74 Å². The Morgan fingerprint density at radius 1 is 1.25 bits per heavy atom. The molecular weight excluding hydrogens is 441 g/mol. The monoisotopic (exact) mass is 466 g/mol. The summed E-state index contributed by atoms with van der Waals surface area (Å²) >= 11 is 3.30. The first-order valence-electron chi connectivity index (χ1n) is 9.06. The van der Waals surface area contributed by atoms with Gasteiger partial charge in [-0.05, 0) is 51.8 Å². The van der Waals surface area contributed by atoms with Gasteiger partial charge >= 0.3 is 12.5 Å². The molecule has 158 valence electrons. The number of ether oxygens (including phenoxy) is 2. The van der Waals surface area contributed by atoms with Gasteiger partial charge in [-0.15, -0.1) is 13.2 Å². The molecule has 1 aromatic rings. The highest BCUT2D eigenvalue weighted by atomic mass is 79.9. The van der Waals surface area contributed by atoms with E-state index >= 15 is 0 Å². The Bertz CT molecular complexity index is 684. The van der Waals surface area contributed by atoms with Gasteiger partial charge in [0.25, 0.3) is 0 Å². The van der Waals surface area contributed by atoms with Crippen LogP contribution in [0.3, 0.4) is 0 Å². The maximum Gasteiger partial charge on any atom is 0.573 e. The van der Waals surface area contributed by atoms with Crippen molar-refractivity contribution in [3.05, 3.63) is 28.2 Å². The lowest BCUT2D eigenvalue weighted by atomic mass is 10.0. The van der Waals surface area contributed by atoms with Crippen molar-refractivity contribution in [1.82, 2.24) is 9.80 Å². The van der Waals surface area contributed by atoms with E-state index in [1.165, 1.54) is 12.1 Å². The quantitative estimate of drug-likeness (QED) is 0.612. The fraction of sp³-hybridized carbons (Fsp3) is 0.632. The van der Waals surface area contributed by atoms with Gasteiger partial charge in [-0.25, -0.2) is 4.79 Å². The van der Waals surface area contributed by atoms with Gasteiger partial charge in [-0.3, -0.25) is 4.90 Å². The van der Waals surface area contributed by atoms with E-state index < -0.39 is 12.0 Å². The lowest BCUT2D eigenvalue weighted by Crippen LogP contribution is -2.46. The highest BCUT2D eigenvalue weighted by Crippen LogP contribution is 2.30. The van der Waals surface area contributed by atoms with Gasteiger partial charge in [0.2, 0.25) is 0 Å². The van der Waals surface area contributed by atoms with Crippen LogP contribution in [-0.4, -0.2) is 54.0 Å².